The summed E-state index contributed by atoms with van der Waals surface area (Å²) in [7, 11) is 0. The molecule has 0 radical (unpaired) electrons. The highest BCUT2D eigenvalue weighted by molar-refractivity contribution is 5.59. The smallest absolute Gasteiger partial charge is 0.0390 e. The Labute approximate surface area is 106 Å². The topological polar surface area (TPSA) is 38.0 Å². The van der Waals surface area contributed by atoms with E-state index in [1.165, 1.54) is 5.56 Å². The zero-order chi connectivity index (χ0) is 13.0. The highest BCUT2D eigenvalue weighted by Crippen LogP contribution is 2.23. The van der Waals surface area contributed by atoms with Gasteiger partial charge in [0.05, 0.1) is 0 Å². The van der Waals surface area contributed by atoms with E-state index in [-0.39, 0.29) is 0 Å². The molecule has 0 saturated heterocycles. The maximum atomic E-state index is 5.81. The van der Waals surface area contributed by atoms with E-state index in [1.807, 2.05) is 12.1 Å². The van der Waals surface area contributed by atoms with E-state index in [4.69, 9.17) is 5.73 Å². The van der Waals surface area contributed by atoms with E-state index in [0.717, 1.165) is 17.9 Å². The Morgan fingerprint density at radius 1 is 1.12 bits per heavy atom. The lowest BCUT2D eigenvalue weighted by Gasteiger charge is -2.26. The number of nitrogen functional groups attached to an aromatic ring is 1. The van der Waals surface area contributed by atoms with Crippen LogP contribution >= 0.6 is 0 Å². The lowest BCUT2D eigenvalue weighted by Crippen LogP contribution is -2.24. The van der Waals surface area contributed by atoms with Crippen molar-refractivity contribution in [1.29, 1.82) is 0 Å². The summed E-state index contributed by atoms with van der Waals surface area (Å²) in [4.78, 5) is 0. The number of nitrogens with two attached hydrogens (primary N) is 1. The SMILES string of the molecule is Cc1ccc(N)cc1NCC(C(C)C)C(C)C. The summed E-state index contributed by atoms with van der Waals surface area (Å²) < 4.78 is 0. The van der Waals surface area contributed by atoms with Gasteiger partial charge in [0.1, 0.15) is 0 Å². The van der Waals surface area contributed by atoms with Crippen LogP contribution in [0.3, 0.4) is 0 Å². The first kappa shape index (κ1) is 13.9. The van der Waals surface area contributed by atoms with E-state index in [1.54, 1.807) is 0 Å². The maximum Gasteiger partial charge on any atom is 0.0390 e. The number of hydrogen-bond donors (Lipinski definition) is 2. The molecule has 0 aliphatic carbocycles. The van der Waals surface area contributed by atoms with Crippen LogP contribution < -0.4 is 11.1 Å². The van der Waals surface area contributed by atoms with Gasteiger partial charge >= 0.3 is 0 Å². The van der Waals surface area contributed by atoms with Gasteiger partial charge < -0.3 is 11.1 Å². The van der Waals surface area contributed by atoms with Gasteiger partial charge in [-0.25, -0.2) is 0 Å². The molecule has 17 heavy (non-hydrogen) atoms. The Morgan fingerprint density at radius 2 is 1.71 bits per heavy atom. The predicted octanol–water partition coefficient (Wildman–Crippen LogP) is 3.92. The second-order valence-electron chi connectivity index (χ2n) is 5.61. The lowest BCUT2D eigenvalue weighted by molar-refractivity contribution is 0.304. The third kappa shape index (κ3) is 3.95. The molecule has 0 aliphatic heterocycles. The fraction of sp³-hybridized carbons (Fsp3) is 0.600. The van der Waals surface area contributed by atoms with Crippen molar-refractivity contribution in [1.82, 2.24) is 0 Å². The van der Waals surface area contributed by atoms with Gasteiger partial charge in [0.25, 0.3) is 0 Å². The minimum Gasteiger partial charge on any atom is -0.399 e. The lowest BCUT2D eigenvalue weighted by atomic mass is 9.85. The second-order valence-corrected chi connectivity index (χ2v) is 5.61. The number of benzene rings is 1. The minimum atomic E-state index is 0.691. The van der Waals surface area contributed by atoms with E-state index in [9.17, 15) is 0 Å². The molecule has 1 aromatic carbocycles. The number of hydrogen-bond acceptors (Lipinski definition) is 2. The maximum absolute atomic E-state index is 5.81. The first-order valence-corrected chi connectivity index (χ1v) is 6.51. The average molecular weight is 234 g/mol. The van der Waals surface area contributed by atoms with Crippen LogP contribution in [-0.2, 0) is 0 Å². The van der Waals surface area contributed by atoms with E-state index >= 15 is 0 Å². The molecule has 0 heterocycles. The summed E-state index contributed by atoms with van der Waals surface area (Å²) in [6, 6.07) is 6.04. The molecule has 0 amide bonds. The van der Waals surface area contributed by atoms with Gasteiger partial charge in [0.15, 0.2) is 0 Å². The summed E-state index contributed by atoms with van der Waals surface area (Å²) in [6.45, 7) is 12.3. The molecule has 1 rings (SSSR count). The number of nitrogens with one attached hydrogen (secondary N) is 1. The van der Waals surface area contributed by atoms with E-state index in [0.29, 0.717) is 17.8 Å². The van der Waals surface area contributed by atoms with Crippen LogP contribution in [0.15, 0.2) is 18.2 Å². The summed E-state index contributed by atoms with van der Waals surface area (Å²) in [5.74, 6) is 2.09. The highest BCUT2D eigenvalue weighted by Gasteiger charge is 2.17. The van der Waals surface area contributed by atoms with Crippen molar-refractivity contribution < 1.29 is 0 Å². The Bertz CT molecular complexity index is 348. The molecule has 3 N–H and O–H groups in total. The summed E-state index contributed by atoms with van der Waals surface area (Å²) >= 11 is 0. The van der Waals surface area contributed by atoms with Gasteiger partial charge in [-0.15, -0.1) is 0 Å². The van der Waals surface area contributed by atoms with Crippen LogP contribution in [0.1, 0.15) is 33.3 Å². The molecule has 1 aromatic rings. The van der Waals surface area contributed by atoms with Crippen LogP contribution in [0.2, 0.25) is 0 Å². The molecule has 0 aromatic heterocycles. The largest absolute Gasteiger partial charge is 0.399 e. The zero-order valence-electron chi connectivity index (χ0n) is 11.7. The summed E-state index contributed by atoms with van der Waals surface area (Å²) in [6.07, 6.45) is 0. The fourth-order valence-corrected chi connectivity index (χ4v) is 2.30. The predicted molar refractivity (Wildman–Crippen MR) is 77.2 cm³/mol. The van der Waals surface area contributed by atoms with Gasteiger partial charge in [-0.3, -0.25) is 0 Å². The van der Waals surface area contributed by atoms with E-state index < -0.39 is 0 Å². The van der Waals surface area contributed by atoms with Crippen molar-refractivity contribution in [2.24, 2.45) is 17.8 Å². The van der Waals surface area contributed by atoms with Crippen molar-refractivity contribution in [2.45, 2.75) is 34.6 Å². The molecule has 0 saturated carbocycles. The quantitative estimate of drug-likeness (QED) is 0.758. The molecule has 0 spiro atoms. The third-order valence-electron chi connectivity index (χ3n) is 3.50. The summed E-state index contributed by atoms with van der Waals surface area (Å²) in [5, 5.41) is 3.54. The standard InChI is InChI=1S/C15H26N2/c1-10(2)14(11(3)4)9-17-15-8-13(16)7-6-12(15)5/h6-8,10-11,14,17H,9,16H2,1-5H3. The van der Waals surface area contributed by atoms with Crippen LogP contribution in [0.5, 0.6) is 0 Å². The molecule has 96 valence electrons. The first-order chi connectivity index (χ1) is 7.91. The highest BCUT2D eigenvalue weighted by atomic mass is 14.9. The van der Waals surface area contributed by atoms with Gasteiger partial charge in [-0.1, -0.05) is 33.8 Å². The number of anilines is 2. The minimum absolute atomic E-state index is 0.691. The average Bonchev–Trinajstić information content (AvgIpc) is 2.22. The fourth-order valence-electron chi connectivity index (χ4n) is 2.30. The molecule has 0 aliphatic rings. The monoisotopic (exact) mass is 234 g/mol. The van der Waals surface area contributed by atoms with Crippen LogP contribution in [0, 0.1) is 24.7 Å². The van der Waals surface area contributed by atoms with Crippen molar-refractivity contribution in [3.05, 3.63) is 23.8 Å². The Hall–Kier alpha value is -1.18. The summed E-state index contributed by atoms with van der Waals surface area (Å²) in [5.41, 5.74) is 9.05. The Morgan fingerprint density at radius 3 is 2.24 bits per heavy atom. The Balaban J connectivity index is 2.68. The van der Waals surface area contributed by atoms with Crippen molar-refractivity contribution in [3.8, 4) is 0 Å². The van der Waals surface area contributed by atoms with Gasteiger partial charge in [0.2, 0.25) is 0 Å². The molecule has 2 nitrogen and oxygen atoms in total. The van der Waals surface area contributed by atoms with Crippen LogP contribution in [0.4, 0.5) is 11.4 Å². The molecular weight excluding hydrogens is 208 g/mol. The molecule has 0 atom stereocenters. The van der Waals surface area contributed by atoms with Crippen molar-refractivity contribution in [3.63, 3.8) is 0 Å². The van der Waals surface area contributed by atoms with Crippen LogP contribution in [0.25, 0.3) is 0 Å². The molecular formula is C15H26N2. The number of aryl methyl sites for hydroxylation is 1. The normalized spacial score (nSPS) is 11.5. The third-order valence-corrected chi connectivity index (χ3v) is 3.50. The Kier molecular flexibility index (Phi) is 4.86. The molecule has 0 unspecified atom stereocenters. The molecule has 0 bridgehead atoms. The zero-order valence-corrected chi connectivity index (χ0v) is 11.7. The second kappa shape index (κ2) is 5.95. The van der Waals surface area contributed by atoms with Crippen molar-refractivity contribution >= 4 is 11.4 Å². The van der Waals surface area contributed by atoms with E-state index in [2.05, 4.69) is 46.0 Å². The molecule has 2 heteroatoms. The van der Waals surface area contributed by atoms with Gasteiger partial charge in [-0.05, 0) is 42.4 Å². The molecule has 0 fully saturated rings. The van der Waals surface area contributed by atoms with Crippen molar-refractivity contribution in [2.75, 3.05) is 17.6 Å². The van der Waals surface area contributed by atoms with Gasteiger partial charge in [-0.2, -0.15) is 0 Å². The number of rotatable bonds is 5. The first-order valence-electron chi connectivity index (χ1n) is 6.51. The van der Waals surface area contributed by atoms with Gasteiger partial charge in [0, 0.05) is 17.9 Å². The van der Waals surface area contributed by atoms with Crippen LogP contribution in [-0.4, -0.2) is 6.54 Å².